The summed E-state index contributed by atoms with van der Waals surface area (Å²) in [5.41, 5.74) is 5.45. The predicted octanol–water partition coefficient (Wildman–Crippen LogP) is 5.74. The Morgan fingerprint density at radius 1 is 0.968 bits per heavy atom. The molecule has 0 bridgehead atoms. The maximum Gasteiger partial charge on any atom is 0.229 e. The van der Waals surface area contributed by atoms with Gasteiger partial charge in [-0.1, -0.05) is 24.6 Å². The summed E-state index contributed by atoms with van der Waals surface area (Å²) in [5, 5.41) is 7.94. The molecule has 0 saturated carbocycles. The van der Waals surface area contributed by atoms with Crippen molar-refractivity contribution in [2.45, 2.75) is 32.7 Å². The van der Waals surface area contributed by atoms with Crippen LogP contribution < -0.4 is 10.6 Å². The standard InChI is InChI=1S/C25H28N6/c1-18-16-27-25(30-24(18)29-23-7-5-6-22-21(23)12-13-26-22)28-20-10-8-19(9-11-20)17-31-14-3-2-4-15-31/h5-13,16,26H,2-4,14-15,17H2,1H3,(H2,27,28,29,30). The van der Waals surface area contributed by atoms with E-state index in [1.807, 2.05) is 25.4 Å². The lowest BCUT2D eigenvalue weighted by molar-refractivity contribution is 0.221. The average Bonchev–Trinajstić information content (AvgIpc) is 3.28. The fourth-order valence-corrected chi connectivity index (χ4v) is 4.15. The number of nitrogens with one attached hydrogen (secondary N) is 3. The molecule has 3 heterocycles. The number of piperidine rings is 1. The van der Waals surface area contributed by atoms with Crippen LogP contribution in [0.3, 0.4) is 0 Å². The van der Waals surface area contributed by atoms with Crippen molar-refractivity contribution in [3.05, 3.63) is 72.1 Å². The molecule has 0 unspecified atom stereocenters. The summed E-state index contributed by atoms with van der Waals surface area (Å²) in [6.07, 6.45) is 7.80. The molecule has 0 radical (unpaired) electrons. The van der Waals surface area contributed by atoms with Crippen LogP contribution in [-0.2, 0) is 6.54 Å². The van der Waals surface area contributed by atoms with Crippen molar-refractivity contribution in [2.75, 3.05) is 23.7 Å². The fourth-order valence-electron chi connectivity index (χ4n) is 4.15. The zero-order chi connectivity index (χ0) is 21.0. The number of hydrogen-bond donors (Lipinski definition) is 3. The molecule has 1 saturated heterocycles. The number of fused-ring (bicyclic) bond motifs is 1. The van der Waals surface area contributed by atoms with Crippen molar-refractivity contribution < 1.29 is 0 Å². The Kier molecular flexibility index (Phi) is 5.54. The first-order valence-electron chi connectivity index (χ1n) is 11.0. The summed E-state index contributed by atoms with van der Waals surface area (Å²) in [5.74, 6) is 1.38. The Morgan fingerprint density at radius 3 is 2.65 bits per heavy atom. The van der Waals surface area contributed by atoms with E-state index in [0.29, 0.717) is 5.95 Å². The third kappa shape index (κ3) is 4.54. The van der Waals surface area contributed by atoms with E-state index < -0.39 is 0 Å². The zero-order valence-electron chi connectivity index (χ0n) is 17.9. The quantitative estimate of drug-likeness (QED) is 0.377. The molecule has 158 valence electrons. The zero-order valence-corrected chi connectivity index (χ0v) is 17.9. The number of aromatic amines is 1. The van der Waals surface area contributed by atoms with Gasteiger partial charge in [0, 0.05) is 46.8 Å². The summed E-state index contributed by atoms with van der Waals surface area (Å²) in [6.45, 7) is 5.46. The van der Waals surface area contributed by atoms with Crippen molar-refractivity contribution in [1.82, 2.24) is 19.9 Å². The molecule has 0 spiro atoms. The van der Waals surface area contributed by atoms with Crippen LogP contribution >= 0.6 is 0 Å². The van der Waals surface area contributed by atoms with E-state index in [1.165, 1.54) is 37.9 Å². The van der Waals surface area contributed by atoms with Crippen molar-refractivity contribution in [3.63, 3.8) is 0 Å². The van der Waals surface area contributed by atoms with Crippen LogP contribution in [0.25, 0.3) is 10.9 Å². The van der Waals surface area contributed by atoms with Gasteiger partial charge in [0.25, 0.3) is 0 Å². The molecule has 31 heavy (non-hydrogen) atoms. The number of benzene rings is 2. The second kappa shape index (κ2) is 8.78. The van der Waals surface area contributed by atoms with Gasteiger partial charge >= 0.3 is 0 Å². The SMILES string of the molecule is Cc1cnc(Nc2ccc(CN3CCCCC3)cc2)nc1Nc1cccc2[nH]ccc12. The van der Waals surface area contributed by atoms with Gasteiger partial charge < -0.3 is 15.6 Å². The van der Waals surface area contributed by atoms with Gasteiger partial charge in [0.1, 0.15) is 5.82 Å². The smallest absolute Gasteiger partial charge is 0.229 e. The number of rotatable bonds is 6. The summed E-state index contributed by atoms with van der Waals surface area (Å²) < 4.78 is 0. The van der Waals surface area contributed by atoms with Crippen molar-refractivity contribution in [1.29, 1.82) is 0 Å². The van der Waals surface area contributed by atoms with Crippen LogP contribution in [-0.4, -0.2) is 32.9 Å². The minimum atomic E-state index is 0.582. The summed E-state index contributed by atoms with van der Waals surface area (Å²) >= 11 is 0. The van der Waals surface area contributed by atoms with E-state index in [0.717, 1.165) is 40.2 Å². The number of nitrogens with zero attached hydrogens (tertiary/aromatic N) is 3. The van der Waals surface area contributed by atoms with Gasteiger partial charge in [-0.05, 0) is 68.8 Å². The predicted molar refractivity (Wildman–Crippen MR) is 127 cm³/mol. The molecule has 4 aromatic rings. The first-order valence-corrected chi connectivity index (χ1v) is 11.0. The lowest BCUT2D eigenvalue weighted by Crippen LogP contribution is -2.29. The van der Waals surface area contributed by atoms with Gasteiger partial charge in [0.15, 0.2) is 0 Å². The van der Waals surface area contributed by atoms with Gasteiger partial charge in [0.05, 0.1) is 0 Å². The van der Waals surface area contributed by atoms with Crippen LogP contribution in [0.5, 0.6) is 0 Å². The molecule has 6 nitrogen and oxygen atoms in total. The number of aromatic nitrogens is 3. The van der Waals surface area contributed by atoms with Gasteiger partial charge in [-0.2, -0.15) is 4.98 Å². The molecule has 0 atom stereocenters. The van der Waals surface area contributed by atoms with Gasteiger partial charge in [-0.3, -0.25) is 4.90 Å². The fraction of sp³-hybridized carbons (Fsp3) is 0.280. The summed E-state index contributed by atoms with van der Waals surface area (Å²) in [7, 11) is 0. The van der Waals surface area contributed by atoms with E-state index in [1.54, 1.807) is 0 Å². The Morgan fingerprint density at radius 2 is 1.81 bits per heavy atom. The molecule has 1 aliphatic rings. The van der Waals surface area contributed by atoms with Crippen LogP contribution in [0.15, 0.2) is 60.9 Å². The summed E-state index contributed by atoms with van der Waals surface area (Å²) in [6, 6.07) is 16.8. The minimum Gasteiger partial charge on any atom is -0.361 e. The number of likely N-dealkylation sites (tertiary alicyclic amines) is 1. The topological polar surface area (TPSA) is 68.9 Å². The van der Waals surface area contributed by atoms with Gasteiger partial charge in [-0.25, -0.2) is 4.98 Å². The maximum atomic E-state index is 4.72. The molecule has 0 aliphatic carbocycles. The molecule has 6 heteroatoms. The average molecular weight is 413 g/mol. The van der Waals surface area contributed by atoms with Gasteiger partial charge in [-0.15, -0.1) is 0 Å². The Labute approximate surface area is 182 Å². The van der Waals surface area contributed by atoms with E-state index in [-0.39, 0.29) is 0 Å². The third-order valence-electron chi connectivity index (χ3n) is 5.88. The molecular formula is C25H28N6. The first-order chi connectivity index (χ1) is 15.2. The Balaban J connectivity index is 1.29. The molecule has 1 fully saturated rings. The molecule has 2 aromatic carbocycles. The van der Waals surface area contributed by atoms with E-state index >= 15 is 0 Å². The highest BCUT2D eigenvalue weighted by Gasteiger charge is 2.11. The molecule has 2 aromatic heterocycles. The van der Waals surface area contributed by atoms with Crippen LogP contribution in [0, 0.1) is 6.92 Å². The van der Waals surface area contributed by atoms with E-state index in [2.05, 4.69) is 68.0 Å². The van der Waals surface area contributed by atoms with Crippen LogP contribution in [0.2, 0.25) is 0 Å². The number of aryl methyl sites for hydroxylation is 1. The third-order valence-corrected chi connectivity index (χ3v) is 5.88. The number of H-pyrrole nitrogens is 1. The highest BCUT2D eigenvalue weighted by atomic mass is 15.1. The molecule has 3 N–H and O–H groups in total. The molecule has 0 amide bonds. The monoisotopic (exact) mass is 412 g/mol. The summed E-state index contributed by atoms with van der Waals surface area (Å²) in [4.78, 5) is 15.0. The minimum absolute atomic E-state index is 0.582. The van der Waals surface area contributed by atoms with Gasteiger partial charge in [0.2, 0.25) is 5.95 Å². The van der Waals surface area contributed by atoms with Crippen molar-refractivity contribution in [3.8, 4) is 0 Å². The molecular weight excluding hydrogens is 384 g/mol. The Hall–Kier alpha value is -3.38. The highest BCUT2D eigenvalue weighted by Crippen LogP contribution is 2.27. The maximum absolute atomic E-state index is 4.72. The van der Waals surface area contributed by atoms with E-state index in [9.17, 15) is 0 Å². The second-order valence-electron chi connectivity index (χ2n) is 8.25. The van der Waals surface area contributed by atoms with Crippen LogP contribution in [0.4, 0.5) is 23.1 Å². The van der Waals surface area contributed by atoms with Crippen LogP contribution in [0.1, 0.15) is 30.4 Å². The number of hydrogen-bond acceptors (Lipinski definition) is 5. The van der Waals surface area contributed by atoms with Crippen molar-refractivity contribution in [2.24, 2.45) is 0 Å². The van der Waals surface area contributed by atoms with E-state index in [4.69, 9.17) is 4.98 Å². The largest absolute Gasteiger partial charge is 0.361 e. The lowest BCUT2D eigenvalue weighted by Gasteiger charge is -2.26. The number of anilines is 4. The molecule has 5 rings (SSSR count). The normalized spacial score (nSPS) is 14.6. The van der Waals surface area contributed by atoms with Crippen molar-refractivity contribution >= 4 is 34.0 Å². The second-order valence-corrected chi connectivity index (χ2v) is 8.25. The Bertz CT molecular complexity index is 1160. The first kappa shape index (κ1) is 19.6. The highest BCUT2D eigenvalue weighted by molar-refractivity contribution is 5.93. The lowest BCUT2D eigenvalue weighted by atomic mass is 10.1. The molecule has 1 aliphatic heterocycles.